The first-order chi connectivity index (χ1) is 11.3. The highest BCUT2D eigenvalue weighted by Crippen LogP contribution is 2.34. The molecule has 0 atom stereocenters. The van der Waals surface area contributed by atoms with E-state index in [0.717, 1.165) is 12.1 Å². The fraction of sp³-hybridized carbons (Fsp3) is 0.235. The topological polar surface area (TPSA) is 41.6 Å². The second-order valence-corrected chi connectivity index (χ2v) is 5.10. The maximum absolute atomic E-state index is 13.1. The Labute approximate surface area is 137 Å². The summed E-state index contributed by atoms with van der Waals surface area (Å²) in [6, 6.07) is 10.1. The van der Waals surface area contributed by atoms with Gasteiger partial charge >= 0.3 is 6.18 Å². The molecule has 0 radical (unpaired) electrons. The summed E-state index contributed by atoms with van der Waals surface area (Å²) in [5, 5.41) is 2.34. The van der Waals surface area contributed by atoms with Gasteiger partial charge in [-0.3, -0.25) is 4.79 Å². The van der Waals surface area contributed by atoms with Crippen LogP contribution in [0, 0.1) is 0 Å². The normalized spacial score (nSPS) is 11.1. The van der Waals surface area contributed by atoms with E-state index < -0.39 is 17.6 Å². The molecule has 0 unspecified atom stereocenters. The first-order valence-corrected chi connectivity index (χ1v) is 7.08. The van der Waals surface area contributed by atoms with E-state index in [1.165, 1.54) is 20.2 Å². The zero-order valence-electron chi connectivity index (χ0n) is 13.4. The highest BCUT2D eigenvalue weighted by Gasteiger charge is 2.32. The molecule has 0 aliphatic heterocycles. The maximum atomic E-state index is 13.1. The molecule has 0 aliphatic rings. The molecule has 2 aromatic carbocycles. The van der Waals surface area contributed by atoms with Crippen molar-refractivity contribution in [2.24, 2.45) is 0 Å². The Bertz CT molecular complexity index is 728. The Kier molecular flexibility index (Phi) is 5.02. The van der Waals surface area contributed by atoms with Crippen molar-refractivity contribution in [1.29, 1.82) is 0 Å². The molecule has 0 aromatic heterocycles. The molecule has 0 bridgehead atoms. The molecule has 7 heteroatoms. The summed E-state index contributed by atoms with van der Waals surface area (Å²) >= 11 is 0. The highest BCUT2D eigenvalue weighted by molar-refractivity contribution is 5.95. The smallest absolute Gasteiger partial charge is 0.416 e. The number of hydrogen-bond acceptors (Lipinski definition) is 3. The summed E-state index contributed by atoms with van der Waals surface area (Å²) in [4.78, 5) is 13.3. The summed E-state index contributed by atoms with van der Waals surface area (Å²) < 4.78 is 44.4. The van der Waals surface area contributed by atoms with Crippen LogP contribution in [0.15, 0.2) is 42.5 Å². The quantitative estimate of drug-likeness (QED) is 0.921. The van der Waals surface area contributed by atoms with Gasteiger partial charge in [-0.25, -0.2) is 0 Å². The predicted octanol–water partition coefficient (Wildman–Crippen LogP) is 3.84. The highest BCUT2D eigenvalue weighted by atomic mass is 19.4. The lowest BCUT2D eigenvalue weighted by atomic mass is 10.1. The molecule has 0 aliphatic carbocycles. The van der Waals surface area contributed by atoms with Gasteiger partial charge in [0.05, 0.1) is 12.7 Å². The van der Waals surface area contributed by atoms with E-state index >= 15 is 0 Å². The molecule has 0 saturated carbocycles. The number of anilines is 2. The van der Waals surface area contributed by atoms with Gasteiger partial charge in [0, 0.05) is 31.0 Å². The van der Waals surface area contributed by atoms with Crippen molar-refractivity contribution < 1.29 is 22.7 Å². The summed E-state index contributed by atoms with van der Waals surface area (Å²) in [6.07, 6.45) is -4.54. The number of ether oxygens (including phenoxy) is 1. The monoisotopic (exact) mass is 338 g/mol. The van der Waals surface area contributed by atoms with Gasteiger partial charge < -0.3 is 15.0 Å². The standard InChI is InChI=1S/C17H17F3N2O2/c1-21-16(23)11-8-12(17(18,19)20)10-14(9-11)22(2)13-4-6-15(24-3)7-5-13/h4-10H,1-3H3,(H,21,23). The van der Waals surface area contributed by atoms with Crippen LogP contribution in [-0.4, -0.2) is 27.1 Å². The number of nitrogens with one attached hydrogen (secondary N) is 1. The zero-order chi connectivity index (χ0) is 17.9. The van der Waals surface area contributed by atoms with E-state index in [9.17, 15) is 18.0 Å². The van der Waals surface area contributed by atoms with Crippen molar-refractivity contribution in [3.8, 4) is 5.75 Å². The third kappa shape index (κ3) is 3.79. The number of amides is 1. The molecule has 24 heavy (non-hydrogen) atoms. The van der Waals surface area contributed by atoms with Crippen LogP contribution in [0.2, 0.25) is 0 Å². The molecule has 2 aromatic rings. The average molecular weight is 338 g/mol. The molecule has 1 N–H and O–H groups in total. The Morgan fingerprint density at radius 1 is 1.08 bits per heavy atom. The number of nitrogens with zero attached hydrogens (tertiary/aromatic N) is 1. The lowest BCUT2D eigenvalue weighted by Gasteiger charge is -2.22. The average Bonchev–Trinajstić information content (AvgIpc) is 2.59. The molecule has 0 spiro atoms. The van der Waals surface area contributed by atoms with Crippen LogP contribution in [0.5, 0.6) is 5.75 Å². The Balaban J connectivity index is 2.48. The van der Waals surface area contributed by atoms with Gasteiger partial charge in [-0.1, -0.05) is 0 Å². The third-order valence-electron chi connectivity index (χ3n) is 3.58. The van der Waals surface area contributed by atoms with Crippen molar-refractivity contribution in [3.63, 3.8) is 0 Å². The van der Waals surface area contributed by atoms with E-state index in [1.807, 2.05) is 0 Å². The molecule has 0 saturated heterocycles. The van der Waals surface area contributed by atoms with E-state index in [4.69, 9.17) is 4.74 Å². The first kappa shape index (κ1) is 17.7. The fourth-order valence-electron chi connectivity index (χ4n) is 2.20. The number of carbonyl (C=O) groups excluding carboxylic acids is 1. The van der Waals surface area contributed by atoms with Crippen LogP contribution >= 0.6 is 0 Å². The Morgan fingerprint density at radius 3 is 2.21 bits per heavy atom. The minimum atomic E-state index is -4.54. The van der Waals surface area contributed by atoms with Gasteiger partial charge in [-0.05, 0) is 42.5 Å². The third-order valence-corrected chi connectivity index (χ3v) is 3.58. The van der Waals surface area contributed by atoms with E-state index in [1.54, 1.807) is 36.2 Å². The van der Waals surface area contributed by atoms with Gasteiger partial charge in [0.1, 0.15) is 5.75 Å². The number of methoxy groups -OCH3 is 1. The van der Waals surface area contributed by atoms with Crippen LogP contribution in [0.1, 0.15) is 15.9 Å². The van der Waals surface area contributed by atoms with Crippen LogP contribution in [0.3, 0.4) is 0 Å². The summed E-state index contributed by atoms with van der Waals surface area (Å²) in [5.41, 5.74) is -0.00628. The van der Waals surface area contributed by atoms with Crippen LogP contribution in [0.4, 0.5) is 24.5 Å². The van der Waals surface area contributed by atoms with Crippen LogP contribution in [-0.2, 0) is 6.18 Å². The molecule has 128 valence electrons. The number of rotatable bonds is 4. The number of alkyl halides is 3. The van der Waals surface area contributed by atoms with Gasteiger partial charge in [-0.15, -0.1) is 0 Å². The first-order valence-electron chi connectivity index (χ1n) is 7.08. The van der Waals surface area contributed by atoms with Crippen molar-refractivity contribution in [3.05, 3.63) is 53.6 Å². The van der Waals surface area contributed by atoms with E-state index in [-0.39, 0.29) is 11.3 Å². The minimum absolute atomic E-state index is 0.0531. The lowest BCUT2D eigenvalue weighted by molar-refractivity contribution is -0.137. The Morgan fingerprint density at radius 2 is 1.71 bits per heavy atom. The summed E-state index contributed by atoms with van der Waals surface area (Å²) in [7, 11) is 4.53. The molecule has 1 amide bonds. The number of halogens is 3. The second-order valence-electron chi connectivity index (χ2n) is 5.10. The molecule has 0 fully saturated rings. The van der Waals surface area contributed by atoms with E-state index in [2.05, 4.69) is 5.32 Å². The molecule has 4 nitrogen and oxygen atoms in total. The minimum Gasteiger partial charge on any atom is -0.497 e. The summed E-state index contributed by atoms with van der Waals surface area (Å²) in [6.45, 7) is 0. The largest absolute Gasteiger partial charge is 0.497 e. The Hall–Kier alpha value is -2.70. The van der Waals surface area contributed by atoms with Gasteiger partial charge in [0.25, 0.3) is 5.91 Å². The van der Waals surface area contributed by atoms with Crippen LogP contribution in [0.25, 0.3) is 0 Å². The lowest BCUT2D eigenvalue weighted by Crippen LogP contribution is -2.20. The van der Waals surface area contributed by atoms with Crippen molar-refractivity contribution in [1.82, 2.24) is 5.32 Å². The predicted molar refractivity (Wildman–Crippen MR) is 85.9 cm³/mol. The van der Waals surface area contributed by atoms with Crippen molar-refractivity contribution in [2.45, 2.75) is 6.18 Å². The maximum Gasteiger partial charge on any atom is 0.416 e. The molecule has 0 heterocycles. The molecular formula is C17H17F3N2O2. The number of carbonyl (C=O) groups is 1. The van der Waals surface area contributed by atoms with Crippen molar-refractivity contribution in [2.75, 3.05) is 26.1 Å². The number of hydrogen-bond donors (Lipinski definition) is 1. The molecule has 2 rings (SSSR count). The van der Waals surface area contributed by atoms with Crippen molar-refractivity contribution >= 4 is 17.3 Å². The fourth-order valence-corrected chi connectivity index (χ4v) is 2.20. The molecular weight excluding hydrogens is 321 g/mol. The van der Waals surface area contributed by atoms with Gasteiger partial charge in [0.15, 0.2) is 0 Å². The van der Waals surface area contributed by atoms with Gasteiger partial charge in [-0.2, -0.15) is 13.2 Å². The zero-order valence-corrected chi connectivity index (χ0v) is 13.4. The summed E-state index contributed by atoms with van der Waals surface area (Å²) in [5.74, 6) is 0.0627. The van der Waals surface area contributed by atoms with E-state index in [0.29, 0.717) is 11.4 Å². The number of benzene rings is 2. The van der Waals surface area contributed by atoms with Crippen LogP contribution < -0.4 is 15.0 Å². The SMILES string of the molecule is CNC(=O)c1cc(N(C)c2ccc(OC)cc2)cc(C(F)(F)F)c1. The second kappa shape index (κ2) is 6.82. The van der Waals surface area contributed by atoms with Gasteiger partial charge in [0.2, 0.25) is 0 Å².